The molecule has 1 heterocycles. The molecule has 1 N–H and O–H groups in total. The van der Waals surface area contributed by atoms with Gasteiger partial charge in [0.1, 0.15) is 5.82 Å². The van der Waals surface area contributed by atoms with Crippen LogP contribution in [-0.4, -0.2) is 22.5 Å². The summed E-state index contributed by atoms with van der Waals surface area (Å²) in [5.74, 6) is 0.927. The van der Waals surface area contributed by atoms with Crippen LogP contribution >= 0.6 is 0 Å². The van der Waals surface area contributed by atoms with E-state index in [9.17, 15) is 4.79 Å². The molecular weight excluding hydrogens is 314 g/mol. The molecule has 0 fully saturated rings. The number of aromatic nitrogens is 2. The number of amides is 1. The highest BCUT2D eigenvalue weighted by Crippen LogP contribution is 2.23. The molecule has 0 atom stereocenters. The van der Waals surface area contributed by atoms with Gasteiger partial charge in [0, 0.05) is 12.1 Å². The number of para-hydroxylation sites is 1. The van der Waals surface area contributed by atoms with Crippen LogP contribution in [0.4, 0.5) is 5.69 Å². The van der Waals surface area contributed by atoms with E-state index in [-0.39, 0.29) is 12.5 Å². The third-order valence-corrected chi connectivity index (χ3v) is 4.15. The van der Waals surface area contributed by atoms with Gasteiger partial charge in [0.05, 0.1) is 10.9 Å². The number of aryl methyl sites for hydroxylation is 2. The lowest BCUT2D eigenvalue weighted by Gasteiger charge is -2.12. The molecule has 25 heavy (non-hydrogen) atoms. The van der Waals surface area contributed by atoms with E-state index in [1.54, 1.807) is 0 Å². The topological polar surface area (TPSA) is 64.1 Å². The molecule has 0 aliphatic rings. The van der Waals surface area contributed by atoms with Gasteiger partial charge in [-0.3, -0.25) is 4.79 Å². The molecule has 0 aliphatic carbocycles. The number of carbonyl (C=O) groups excluding carboxylic acids is 1. The molecule has 0 unspecified atom stereocenters. The lowest BCUT2D eigenvalue weighted by Crippen LogP contribution is -2.21. The molecule has 0 radical (unpaired) electrons. The largest absolute Gasteiger partial charge is 0.467 e. The van der Waals surface area contributed by atoms with Crippen molar-refractivity contribution < 1.29 is 9.53 Å². The summed E-state index contributed by atoms with van der Waals surface area (Å²) in [7, 11) is 0. The Bertz CT molecular complexity index is 922. The lowest BCUT2D eigenvalue weighted by atomic mass is 10.1. The number of nitrogens with zero attached hydrogens (tertiary/aromatic N) is 2. The third kappa shape index (κ3) is 3.76. The van der Waals surface area contributed by atoms with Crippen molar-refractivity contribution in [3.8, 4) is 5.88 Å². The van der Waals surface area contributed by atoms with Crippen LogP contribution < -0.4 is 10.1 Å². The number of anilines is 1. The van der Waals surface area contributed by atoms with Gasteiger partial charge < -0.3 is 10.1 Å². The fourth-order valence-corrected chi connectivity index (χ4v) is 2.57. The van der Waals surface area contributed by atoms with Crippen molar-refractivity contribution in [2.24, 2.45) is 0 Å². The minimum atomic E-state index is -0.213. The molecule has 0 aliphatic heterocycles. The van der Waals surface area contributed by atoms with Crippen molar-refractivity contribution in [1.82, 2.24) is 9.97 Å². The first-order chi connectivity index (χ1) is 12.1. The molecule has 1 amide bonds. The second kappa shape index (κ2) is 7.30. The van der Waals surface area contributed by atoms with Crippen LogP contribution in [0.25, 0.3) is 10.9 Å². The Labute approximate surface area is 147 Å². The van der Waals surface area contributed by atoms with Gasteiger partial charge in [0.25, 0.3) is 5.91 Å². The van der Waals surface area contributed by atoms with E-state index in [4.69, 9.17) is 4.74 Å². The first-order valence-electron chi connectivity index (χ1n) is 8.33. The molecule has 5 nitrogen and oxygen atoms in total. The average molecular weight is 335 g/mol. The minimum Gasteiger partial charge on any atom is -0.467 e. The van der Waals surface area contributed by atoms with Crippen LogP contribution in [0.1, 0.15) is 23.9 Å². The zero-order valence-electron chi connectivity index (χ0n) is 14.7. The number of carbonyl (C=O) groups is 1. The molecule has 1 aromatic heterocycles. The molecule has 3 rings (SSSR count). The lowest BCUT2D eigenvalue weighted by molar-refractivity contribution is -0.118. The monoisotopic (exact) mass is 335 g/mol. The van der Waals surface area contributed by atoms with Gasteiger partial charge in [0.2, 0.25) is 5.88 Å². The first-order valence-corrected chi connectivity index (χ1v) is 8.33. The van der Waals surface area contributed by atoms with Crippen molar-refractivity contribution in [2.45, 2.75) is 27.2 Å². The zero-order valence-corrected chi connectivity index (χ0v) is 14.7. The maximum Gasteiger partial charge on any atom is 0.262 e. The van der Waals surface area contributed by atoms with Gasteiger partial charge in [-0.25, -0.2) is 4.98 Å². The third-order valence-electron chi connectivity index (χ3n) is 4.15. The Morgan fingerprint density at radius 3 is 2.68 bits per heavy atom. The highest BCUT2D eigenvalue weighted by Gasteiger charge is 2.11. The number of rotatable bonds is 5. The van der Waals surface area contributed by atoms with E-state index < -0.39 is 0 Å². The Balaban J connectivity index is 1.76. The van der Waals surface area contributed by atoms with Crippen molar-refractivity contribution in [3.63, 3.8) is 0 Å². The van der Waals surface area contributed by atoms with Gasteiger partial charge in [0.15, 0.2) is 6.61 Å². The number of hydrogen-bond donors (Lipinski definition) is 1. The summed E-state index contributed by atoms with van der Waals surface area (Å²) in [6.45, 7) is 5.89. The van der Waals surface area contributed by atoms with Crippen molar-refractivity contribution in [1.29, 1.82) is 0 Å². The summed E-state index contributed by atoms with van der Waals surface area (Å²) >= 11 is 0. The average Bonchev–Trinajstić information content (AvgIpc) is 2.63. The standard InChI is InChI=1S/C20H21N3O2/c1-4-18-21-17-10-6-5-9-15(17)20(23-18)25-12-19(24)22-16-11-7-8-13(2)14(16)3/h5-11H,4,12H2,1-3H3,(H,22,24). The molecule has 3 aromatic rings. The fourth-order valence-electron chi connectivity index (χ4n) is 2.57. The van der Waals surface area contributed by atoms with Gasteiger partial charge in [-0.05, 0) is 43.2 Å². The number of nitrogens with one attached hydrogen (secondary N) is 1. The Morgan fingerprint density at radius 2 is 1.88 bits per heavy atom. The molecule has 0 spiro atoms. The maximum atomic E-state index is 12.3. The summed E-state index contributed by atoms with van der Waals surface area (Å²) in [6.07, 6.45) is 0.704. The first kappa shape index (κ1) is 16.9. The van der Waals surface area contributed by atoms with Crippen LogP contribution in [-0.2, 0) is 11.2 Å². The van der Waals surface area contributed by atoms with E-state index >= 15 is 0 Å². The maximum absolute atomic E-state index is 12.3. The quantitative estimate of drug-likeness (QED) is 0.770. The normalized spacial score (nSPS) is 10.7. The van der Waals surface area contributed by atoms with Crippen LogP contribution in [0.5, 0.6) is 5.88 Å². The second-order valence-corrected chi connectivity index (χ2v) is 5.90. The van der Waals surface area contributed by atoms with Crippen molar-refractivity contribution >= 4 is 22.5 Å². The summed E-state index contributed by atoms with van der Waals surface area (Å²) in [6, 6.07) is 13.5. The Hall–Kier alpha value is -2.95. The number of ether oxygens (including phenoxy) is 1. The van der Waals surface area contributed by atoms with E-state index in [1.807, 2.05) is 63.2 Å². The number of fused-ring (bicyclic) bond motifs is 1. The van der Waals surface area contributed by atoms with E-state index in [1.165, 1.54) is 0 Å². The zero-order chi connectivity index (χ0) is 17.8. The van der Waals surface area contributed by atoms with Crippen molar-refractivity contribution in [2.75, 3.05) is 11.9 Å². The minimum absolute atomic E-state index is 0.0997. The Kier molecular flexibility index (Phi) is 4.93. The van der Waals surface area contributed by atoms with E-state index in [0.29, 0.717) is 18.1 Å². The molecule has 2 aromatic carbocycles. The van der Waals surface area contributed by atoms with Gasteiger partial charge in [-0.2, -0.15) is 4.98 Å². The summed E-state index contributed by atoms with van der Waals surface area (Å²) in [5, 5.41) is 3.70. The SMILES string of the molecule is CCc1nc(OCC(=O)Nc2cccc(C)c2C)c2ccccc2n1. The number of benzene rings is 2. The van der Waals surface area contributed by atoms with Crippen LogP contribution in [0, 0.1) is 13.8 Å². The Morgan fingerprint density at radius 1 is 1.08 bits per heavy atom. The molecule has 5 heteroatoms. The molecule has 0 saturated carbocycles. The van der Waals surface area contributed by atoms with Crippen molar-refractivity contribution in [3.05, 3.63) is 59.4 Å². The second-order valence-electron chi connectivity index (χ2n) is 5.90. The van der Waals surface area contributed by atoms with Gasteiger partial charge in [-0.15, -0.1) is 0 Å². The molecule has 0 saturated heterocycles. The summed E-state index contributed by atoms with van der Waals surface area (Å²) < 4.78 is 5.70. The number of hydrogen-bond acceptors (Lipinski definition) is 4. The van der Waals surface area contributed by atoms with Crippen LogP contribution in [0.15, 0.2) is 42.5 Å². The van der Waals surface area contributed by atoms with Gasteiger partial charge >= 0.3 is 0 Å². The predicted molar refractivity (Wildman–Crippen MR) is 99.0 cm³/mol. The predicted octanol–water partition coefficient (Wildman–Crippen LogP) is 3.83. The summed E-state index contributed by atoms with van der Waals surface area (Å²) in [5.41, 5.74) is 3.80. The fraction of sp³-hybridized carbons (Fsp3) is 0.250. The molecular formula is C20H21N3O2. The highest BCUT2D eigenvalue weighted by molar-refractivity contribution is 5.93. The van der Waals surface area contributed by atoms with E-state index in [2.05, 4.69) is 15.3 Å². The molecule has 128 valence electrons. The van der Waals surface area contributed by atoms with E-state index in [0.717, 1.165) is 27.7 Å². The molecule has 0 bridgehead atoms. The highest BCUT2D eigenvalue weighted by atomic mass is 16.5. The van der Waals surface area contributed by atoms with Crippen LogP contribution in [0.3, 0.4) is 0 Å². The summed E-state index contributed by atoms with van der Waals surface area (Å²) in [4.78, 5) is 21.2. The smallest absolute Gasteiger partial charge is 0.262 e. The van der Waals surface area contributed by atoms with Gasteiger partial charge in [-0.1, -0.05) is 31.2 Å². The van der Waals surface area contributed by atoms with Crippen LogP contribution in [0.2, 0.25) is 0 Å².